The van der Waals surface area contributed by atoms with Gasteiger partial charge in [0.25, 0.3) is 0 Å². The molecule has 3 heterocycles. The molecule has 7 nitrogen and oxygen atoms in total. The Kier molecular flexibility index (Phi) is 10.5. The van der Waals surface area contributed by atoms with Crippen LogP contribution in [0.3, 0.4) is 0 Å². The fraction of sp³-hybridized carbons (Fsp3) is 0.286. The average Bonchev–Trinajstić information content (AvgIpc) is 2.81. The molecule has 11 heteroatoms. The molecule has 0 aliphatic carbocycles. The van der Waals surface area contributed by atoms with Crippen LogP contribution in [-0.4, -0.2) is 27.5 Å². The van der Waals surface area contributed by atoms with Crippen molar-refractivity contribution in [3.8, 4) is 11.1 Å². The molecule has 39 heavy (non-hydrogen) atoms. The number of nitrogens with one attached hydrogen (secondary N) is 3. The number of hydrogen-bond acceptors (Lipinski definition) is 5. The van der Waals surface area contributed by atoms with E-state index in [2.05, 4.69) is 51.7 Å². The molecule has 3 N–H and O–H groups in total. The summed E-state index contributed by atoms with van der Waals surface area (Å²) < 4.78 is 29.4. The lowest BCUT2D eigenvalue weighted by Crippen LogP contribution is -2.31. The van der Waals surface area contributed by atoms with Gasteiger partial charge in [-0.1, -0.05) is 20.8 Å². The lowest BCUT2D eigenvalue weighted by Gasteiger charge is -2.18. The Bertz CT molecular complexity index is 1460. The van der Waals surface area contributed by atoms with Crippen molar-refractivity contribution < 1.29 is 13.6 Å². The highest BCUT2D eigenvalue weighted by atomic mass is 35.5. The fourth-order valence-electron chi connectivity index (χ4n) is 3.76. The standard InChI is InChI=1S/C28H30F2N6O.2ClH/c1-16-6-7-19(15-32-16)35-26-13-24-18(14-33-26)10-20(17(2)34-24)21-11-25(23(30)12-22(21)29)36-27(37)31-9-8-28(3,4)5;;/h6-7,10-15H,8-9H2,1-5H3,(H,33,35)(H2,31,36,37);2*1H. The predicted octanol–water partition coefficient (Wildman–Crippen LogP) is 7.73. The van der Waals surface area contributed by atoms with E-state index in [1.807, 2.05) is 19.1 Å². The Morgan fingerprint density at radius 3 is 2.33 bits per heavy atom. The molecule has 208 valence electrons. The third-order valence-corrected chi connectivity index (χ3v) is 5.83. The number of pyridine rings is 3. The summed E-state index contributed by atoms with van der Waals surface area (Å²) in [7, 11) is 0. The maximum absolute atomic E-state index is 14.9. The monoisotopic (exact) mass is 576 g/mol. The second kappa shape index (κ2) is 13.0. The summed E-state index contributed by atoms with van der Waals surface area (Å²) >= 11 is 0. The second-order valence-electron chi connectivity index (χ2n) is 10.2. The summed E-state index contributed by atoms with van der Waals surface area (Å²) in [6.07, 6.45) is 4.11. The number of aryl methyl sites for hydroxylation is 2. The Labute approximate surface area is 239 Å². The summed E-state index contributed by atoms with van der Waals surface area (Å²) in [5, 5.41) is 9.07. The highest BCUT2D eigenvalue weighted by Crippen LogP contribution is 2.32. The van der Waals surface area contributed by atoms with Gasteiger partial charge in [0.2, 0.25) is 0 Å². The minimum atomic E-state index is -0.860. The zero-order chi connectivity index (χ0) is 26.7. The number of rotatable bonds is 6. The van der Waals surface area contributed by atoms with E-state index in [-0.39, 0.29) is 41.5 Å². The lowest BCUT2D eigenvalue weighted by molar-refractivity contribution is 0.250. The van der Waals surface area contributed by atoms with Crippen LogP contribution in [0.1, 0.15) is 38.6 Å². The smallest absolute Gasteiger partial charge is 0.319 e. The summed E-state index contributed by atoms with van der Waals surface area (Å²) in [5.74, 6) is -1.02. The minimum absolute atomic E-state index is 0. The molecule has 0 aliphatic heterocycles. The van der Waals surface area contributed by atoms with Crippen LogP contribution in [0.2, 0.25) is 0 Å². The van der Waals surface area contributed by atoms with E-state index in [0.717, 1.165) is 23.9 Å². The Morgan fingerprint density at radius 1 is 0.923 bits per heavy atom. The van der Waals surface area contributed by atoms with Crippen molar-refractivity contribution in [1.29, 1.82) is 0 Å². The van der Waals surface area contributed by atoms with E-state index in [0.29, 0.717) is 34.5 Å². The van der Waals surface area contributed by atoms with Gasteiger partial charge in [-0.25, -0.2) is 18.6 Å². The maximum atomic E-state index is 14.9. The van der Waals surface area contributed by atoms with Crippen LogP contribution in [-0.2, 0) is 0 Å². The molecule has 3 aromatic heterocycles. The highest BCUT2D eigenvalue weighted by Gasteiger charge is 2.17. The first kappa shape index (κ1) is 31.7. The number of aromatic nitrogens is 3. The number of carbonyl (C=O) groups excluding carboxylic acids is 1. The zero-order valence-corrected chi connectivity index (χ0v) is 24.0. The quantitative estimate of drug-likeness (QED) is 0.218. The minimum Gasteiger partial charge on any atom is -0.339 e. The number of hydrogen-bond donors (Lipinski definition) is 3. The van der Waals surface area contributed by atoms with Crippen molar-refractivity contribution in [3.63, 3.8) is 0 Å². The molecular formula is C28H32Cl2F2N6O. The Balaban J connectivity index is 0.00000267. The van der Waals surface area contributed by atoms with Gasteiger partial charge in [-0.05, 0) is 49.9 Å². The van der Waals surface area contributed by atoms with Gasteiger partial charge in [0.05, 0.1) is 23.1 Å². The largest absolute Gasteiger partial charge is 0.339 e. The van der Waals surface area contributed by atoms with E-state index in [1.165, 1.54) is 6.07 Å². The molecule has 4 aromatic rings. The molecule has 0 fully saturated rings. The first-order valence-electron chi connectivity index (χ1n) is 12.0. The molecule has 0 aliphatic rings. The van der Waals surface area contributed by atoms with Crippen LogP contribution in [0, 0.1) is 30.9 Å². The molecular weight excluding hydrogens is 545 g/mol. The van der Waals surface area contributed by atoms with Gasteiger partial charge in [-0.3, -0.25) is 9.97 Å². The molecule has 0 saturated heterocycles. The Hall–Kier alpha value is -3.56. The van der Waals surface area contributed by atoms with Gasteiger partial charge in [-0.2, -0.15) is 0 Å². The molecule has 4 rings (SSSR count). The molecule has 0 atom stereocenters. The summed E-state index contributed by atoms with van der Waals surface area (Å²) in [6, 6.07) is 8.86. The molecule has 1 aromatic carbocycles. The lowest BCUT2D eigenvalue weighted by atomic mass is 9.92. The highest BCUT2D eigenvalue weighted by molar-refractivity contribution is 5.91. The third-order valence-electron chi connectivity index (χ3n) is 5.83. The molecule has 0 radical (unpaired) electrons. The topological polar surface area (TPSA) is 91.8 Å². The van der Waals surface area contributed by atoms with Crippen molar-refractivity contribution in [3.05, 3.63) is 71.8 Å². The van der Waals surface area contributed by atoms with Crippen LogP contribution < -0.4 is 16.0 Å². The molecule has 2 amide bonds. The van der Waals surface area contributed by atoms with E-state index in [9.17, 15) is 13.6 Å². The van der Waals surface area contributed by atoms with Crippen LogP contribution in [0.5, 0.6) is 0 Å². The average molecular weight is 578 g/mol. The van der Waals surface area contributed by atoms with Gasteiger partial charge >= 0.3 is 6.03 Å². The van der Waals surface area contributed by atoms with Crippen LogP contribution in [0.25, 0.3) is 22.0 Å². The van der Waals surface area contributed by atoms with Gasteiger partial charge in [0.1, 0.15) is 17.5 Å². The molecule has 0 spiro atoms. The van der Waals surface area contributed by atoms with Crippen molar-refractivity contribution in [2.75, 3.05) is 17.2 Å². The molecule has 0 unspecified atom stereocenters. The number of carbonyl (C=O) groups is 1. The van der Waals surface area contributed by atoms with E-state index in [4.69, 9.17) is 0 Å². The number of anilines is 3. The fourth-order valence-corrected chi connectivity index (χ4v) is 3.76. The first-order valence-corrected chi connectivity index (χ1v) is 12.0. The van der Waals surface area contributed by atoms with E-state index >= 15 is 0 Å². The number of benzene rings is 1. The molecule has 0 saturated carbocycles. The van der Waals surface area contributed by atoms with Gasteiger partial charge in [-0.15, -0.1) is 24.8 Å². The van der Waals surface area contributed by atoms with Gasteiger partial charge < -0.3 is 16.0 Å². The number of nitrogens with zero attached hydrogens (tertiary/aromatic N) is 3. The van der Waals surface area contributed by atoms with E-state index < -0.39 is 17.7 Å². The van der Waals surface area contributed by atoms with E-state index in [1.54, 1.807) is 31.5 Å². The number of urea groups is 1. The predicted molar refractivity (Wildman–Crippen MR) is 157 cm³/mol. The zero-order valence-electron chi connectivity index (χ0n) is 22.4. The maximum Gasteiger partial charge on any atom is 0.319 e. The summed E-state index contributed by atoms with van der Waals surface area (Å²) in [5.41, 5.74) is 3.46. The first-order chi connectivity index (χ1) is 17.5. The van der Waals surface area contributed by atoms with Gasteiger partial charge in [0, 0.05) is 52.8 Å². The number of amides is 2. The summed E-state index contributed by atoms with van der Waals surface area (Å²) in [6.45, 7) is 10.3. The van der Waals surface area contributed by atoms with Crippen LogP contribution in [0.15, 0.2) is 48.8 Å². The number of halogens is 4. The SMILES string of the molecule is Cc1ccc(Nc2cc3nc(C)c(-c4cc(NC(=O)NCCC(C)(C)C)c(F)cc4F)cc3cn2)cn1.Cl.Cl. The second-order valence-corrected chi connectivity index (χ2v) is 10.2. The third kappa shape index (κ3) is 8.21. The van der Waals surface area contributed by atoms with Crippen molar-refractivity contribution in [2.24, 2.45) is 5.41 Å². The van der Waals surface area contributed by atoms with Crippen molar-refractivity contribution in [1.82, 2.24) is 20.3 Å². The van der Waals surface area contributed by atoms with Crippen LogP contribution in [0.4, 0.5) is 30.8 Å². The van der Waals surface area contributed by atoms with Crippen LogP contribution >= 0.6 is 24.8 Å². The van der Waals surface area contributed by atoms with Crippen molar-refractivity contribution in [2.45, 2.75) is 41.0 Å². The number of fused-ring (bicyclic) bond motifs is 1. The summed E-state index contributed by atoms with van der Waals surface area (Å²) in [4.78, 5) is 25.6. The van der Waals surface area contributed by atoms with Crippen molar-refractivity contribution >= 4 is 58.9 Å². The normalized spacial score (nSPS) is 10.8. The Morgan fingerprint density at radius 2 is 1.67 bits per heavy atom. The molecule has 0 bridgehead atoms. The van der Waals surface area contributed by atoms with Gasteiger partial charge in [0.15, 0.2) is 0 Å².